The standard InChI is InChI=1S/C17H24FN3O2/c1-12(16-5-4-10-23-16)19-17(22)20-13-6-7-15(14(18)11-13)21-8-2-3-9-21/h6-7,11-12,16H,2-5,8-10H2,1H3,(H2,19,20,22). The van der Waals surface area contributed by atoms with E-state index < -0.39 is 0 Å². The second-order valence-corrected chi connectivity index (χ2v) is 6.30. The zero-order valence-electron chi connectivity index (χ0n) is 13.5. The molecule has 3 rings (SSSR count). The number of anilines is 2. The molecule has 1 aromatic carbocycles. The van der Waals surface area contributed by atoms with E-state index in [1.54, 1.807) is 12.1 Å². The fourth-order valence-corrected chi connectivity index (χ4v) is 3.26. The quantitative estimate of drug-likeness (QED) is 0.896. The number of nitrogens with one attached hydrogen (secondary N) is 2. The molecular formula is C17H24FN3O2. The number of nitrogens with zero attached hydrogens (tertiary/aromatic N) is 1. The van der Waals surface area contributed by atoms with Crippen LogP contribution in [0.15, 0.2) is 18.2 Å². The first-order chi connectivity index (χ1) is 11.1. The highest BCUT2D eigenvalue weighted by Crippen LogP contribution is 2.26. The number of carbonyl (C=O) groups excluding carboxylic acids is 1. The summed E-state index contributed by atoms with van der Waals surface area (Å²) in [6.45, 7) is 4.46. The predicted molar refractivity (Wildman–Crippen MR) is 88.4 cm³/mol. The number of hydrogen-bond donors (Lipinski definition) is 2. The fraction of sp³-hybridized carbons (Fsp3) is 0.588. The molecule has 0 spiro atoms. The van der Waals surface area contributed by atoms with Gasteiger partial charge in [0.25, 0.3) is 0 Å². The molecule has 2 heterocycles. The van der Waals surface area contributed by atoms with Crippen LogP contribution >= 0.6 is 0 Å². The van der Waals surface area contributed by atoms with Gasteiger partial charge in [-0.1, -0.05) is 0 Å². The van der Waals surface area contributed by atoms with Gasteiger partial charge in [-0.2, -0.15) is 0 Å². The van der Waals surface area contributed by atoms with Gasteiger partial charge in [-0.05, 0) is 50.8 Å². The van der Waals surface area contributed by atoms with Crippen molar-refractivity contribution < 1.29 is 13.9 Å². The maximum absolute atomic E-state index is 14.2. The molecule has 2 unspecified atom stereocenters. The Labute approximate surface area is 136 Å². The molecule has 2 fully saturated rings. The molecule has 0 saturated carbocycles. The molecule has 2 saturated heterocycles. The van der Waals surface area contributed by atoms with Crippen LogP contribution < -0.4 is 15.5 Å². The number of hydrogen-bond acceptors (Lipinski definition) is 3. The van der Waals surface area contributed by atoms with Crippen LogP contribution in [0.3, 0.4) is 0 Å². The lowest BCUT2D eigenvalue weighted by molar-refractivity contribution is 0.0868. The van der Waals surface area contributed by atoms with Crippen LogP contribution in [0.4, 0.5) is 20.6 Å². The Morgan fingerprint density at radius 2 is 2.13 bits per heavy atom. The van der Waals surface area contributed by atoms with Crippen molar-refractivity contribution in [2.24, 2.45) is 0 Å². The summed E-state index contributed by atoms with van der Waals surface area (Å²) in [7, 11) is 0. The molecule has 0 radical (unpaired) electrons. The van der Waals surface area contributed by atoms with Gasteiger partial charge in [0.15, 0.2) is 0 Å². The van der Waals surface area contributed by atoms with Crippen molar-refractivity contribution in [1.29, 1.82) is 0 Å². The molecule has 0 aromatic heterocycles. The van der Waals surface area contributed by atoms with Crippen LogP contribution in [0.5, 0.6) is 0 Å². The minimum absolute atomic E-state index is 0.0637. The summed E-state index contributed by atoms with van der Waals surface area (Å²) >= 11 is 0. The summed E-state index contributed by atoms with van der Waals surface area (Å²) in [6, 6.07) is 4.46. The first-order valence-corrected chi connectivity index (χ1v) is 8.37. The van der Waals surface area contributed by atoms with Crippen molar-refractivity contribution in [1.82, 2.24) is 5.32 Å². The number of rotatable bonds is 4. The van der Waals surface area contributed by atoms with Crippen LogP contribution in [-0.2, 0) is 4.74 Å². The number of benzene rings is 1. The van der Waals surface area contributed by atoms with Gasteiger partial charge in [0.05, 0.1) is 17.8 Å². The Balaban J connectivity index is 1.56. The van der Waals surface area contributed by atoms with E-state index in [-0.39, 0.29) is 24.0 Å². The molecule has 2 amide bonds. The van der Waals surface area contributed by atoms with E-state index in [1.165, 1.54) is 6.07 Å². The molecule has 0 aliphatic carbocycles. The van der Waals surface area contributed by atoms with E-state index in [9.17, 15) is 9.18 Å². The summed E-state index contributed by atoms with van der Waals surface area (Å²) < 4.78 is 19.8. The van der Waals surface area contributed by atoms with Crippen LogP contribution in [-0.4, -0.2) is 37.9 Å². The molecule has 5 nitrogen and oxygen atoms in total. The lowest BCUT2D eigenvalue weighted by Crippen LogP contribution is -2.43. The molecule has 2 atom stereocenters. The van der Waals surface area contributed by atoms with Crippen molar-refractivity contribution in [3.8, 4) is 0 Å². The van der Waals surface area contributed by atoms with Crippen LogP contribution in [0, 0.1) is 5.82 Å². The first-order valence-electron chi connectivity index (χ1n) is 8.37. The molecule has 0 bridgehead atoms. The second kappa shape index (κ2) is 7.17. The van der Waals surface area contributed by atoms with Crippen molar-refractivity contribution in [3.05, 3.63) is 24.0 Å². The molecule has 1 aromatic rings. The molecule has 2 aliphatic heterocycles. The van der Waals surface area contributed by atoms with E-state index >= 15 is 0 Å². The Kier molecular flexibility index (Phi) is 5.00. The molecule has 6 heteroatoms. The largest absolute Gasteiger partial charge is 0.376 e. The molecular weight excluding hydrogens is 297 g/mol. The van der Waals surface area contributed by atoms with Crippen molar-refractivity contribution >= 4 is 17.4 Å². The lowest BCUT2D eigenvalue weighted by atomic mass is 10.1. The van der Waals surface area contributed by atoms with Crippen LogP contribution in [0.1, 0.15) is 32.6 Å². The molecule has 126 valence electrons. The highest BCUT2D eigenvalue weighted by atomic mass is 19.1. The Morgan fingerprint density at radius 3 is 2.78 bits per heavy atom. The van der Waals surface area contributed by atoms with Crippen LogP contribution in [0.25, 0.3) is 0 Å². The summed E-state index contributed by atoms with van der Waals surface area (Å²) in [6.07, 6.45) is 4.25. The maximum atomic E-state index is 14.2. The van der Waals surface area contributed by atoms with Gasteiger partial charge in [0, 0.05) is 25.4 Å². The van der Waals surface area contributed by atoms with Crippen molar-refractivity contribution in [3.63, 3.8) is 0 Å². The highest BCUT2D eigenvalue weighted by molar-refractivity contribution is 5.89. The summed E-state index contributed by atoms with van der Waals surface area (Å²) in [4.78, 5) is 14.1. The van der Waals surface area contributed by atoms with Gasteiger partial charge in [0.1, 0.15) is 5.82 Å². The Morgan fingerprint density at radius 1 is 1.35 bits per heavy atom. The number of amides is 2. The monoisotopic (exact) mass is 321 g/mol. The average Bonchev–Trinajstić information content (AvgIpc) is 3.21. The van der Waals surface area contributed by atoms with E-state index in [0.29, 0.717) is 11.4 Å². The first kappa shape index (κ1) is 16.1. The van der Waals surface area contributed by atoms with E-state index in [2.05, 4.69) is 10.6 Å². The second-order valence-electron chi connectivity index (χ2n) is 6.30. The molecule has 23 heavy (non-hydrogen) atoms. The maximum Gasteiger partial charge on any atom is 0.319 e. The summed E-state index contributed by atoms with van der Waals surface area (Å²) in [5, 5.41) is 5.54. The number of ether oxygens (including phenoxy) is 1. The van der Waals surface area contributed by atoms with E-state index in [4.69, 9.17) is 4.74 Å². The topological polar surface area (TPSA) is 53.6 Å². The number of carbonyl (C=O) groups is 1. The van der Waals surface area contributed by atoms with Gasteiger partial charge in [-0.15, -0.1) is 0 Å². The molecule has 2 aliphatic rings. The van der Waals surface area contributed by atoms with Gasteiger partial charge in [-0.3, -0.25) is 0 Å². The Bertz CT molecular complexity index is 555. The average molecular weight is 321 g/mol. The molecule has 2 N–H and O–H groups in total. The van der Waals surface area contributed by atoms with Gasteiger partial charge >= 0.3 is 6.03 Å². The van der Waals surface area contributed by atoms with Crippen LogP contribution in [0.2, 0.25) is 0 Å². The lowest BCUT2D eigenvalue weighted by Gasteiger charge is -2.21. The van der Waals surface area contributed by atoms with Crippen molar-refractivity contribution in [2.45, 2.75) is 44.8 Å². The smallest absolute Gasteiger partial charge is 0.319 e. The summed E-state index contributed by atoms with van der Waals surface area (Å²) in [5.74, 6) is -0.295. The minimum Gasteiger partial charge on any atom is -0.376 e. The van der Waals surface area contributed by atoms with Gasteiger partial charge in [-0.25, -0.2) is 9.18 Å². The summed E-state index contributed by atoms with van der Waals surface area (Å²) in [5.41, 5.74) is 1.07. The zero-order valence-corrected chi connectivity index (χ0v) is 13.5. The van der Waals surface area contributed by atoms with Crippen molar-refractivity contribution in [2.75, 3.05) is 29.9 Å². The fourth-order valence-electron chi connectivity index (χ4n) is 3.26. The normalized spacial score (nSPS) is 22.2. The minimum atomic E-state index is -0.332. The third-order valence-corrected chi connectivity index (χ3v) is 4.53. The number of urea groups is 1. The third kappa shape index (κ3) is 3.93. The SMILES string of the molecule is CC(NC(=O)Nc1ccc(N2CCCC2)c(F)c1)C1CCCO1. The van der Waals surface area contributed by atoms with E-state index in [0.717, 1.165) is 45.4 Å². The van der Waals surface area contributed by atoms with Gasteiger partial charge < -0.3 is 20.3 Å². The Hall–Kier alpha value is -1.82. The number of halogens is 1. The van der Waals surface area contributed by atoms with E-state index in [1.807, 2.05) is 11.8 Å². The third-order valence-electron chi connectivity index (χ3n) is 4.53. The highest BCUT2D eigenvalue weighted by Gasteiger charge is 2.23. The van der Waals surface area contributed by atoms with Gasteiger partial charge in [0.2, 0.25) is 0 Å². The predicted octanol–water partition coefficient (Wildman–Crippen LogP) is 3.11. The zero-order chi connectivity index (χ0) is 16.2.